The van der Waals surface area contributed by atoms with E-state index < -0.39 is 0 Å². The summed E-state index contributed by atoms with van der Waals surface area (Å²) in [6, 6.07) is 1.39. The van der Waals surface area contributed by atoms with Crippen LogP contribution < -0.4 is 10.6 Å². The molecule has 1 saturated carbocycles. The van der Waals surface area contributed by atoms with Gasteiger partial charge in [-0.05, 0) is 71.1 Å². The molecular formula is C19H39N5. The van der Waals surface area contributed by atoms with Crippen LogP contribution in [0, 0.1) is 5.92 Å². The molecular weight excluding hydrogens is 298 g/mol. The quantitative estimate of drug-likeness (QED) is 0.473. The van der Waals surface area contributed by atoms with Gasteiger partial charge in [0, 0.05) is 32.2 Å². The third kappa shape index (κ3) is 6.60. The van der Waals surface area contributed by atoms with Crippen molar-refractivity contribution in [3.8, 4) is 0 Å². The number of guanidine groups is 1. The number of likely N-dealkylation sites (tertiary alicyclic amines) is 1. The van der Waals surface area contributed by atoms with Crippen LogP contribution in [0.1, 0.15) is 52.9 Å². The van der Waals surface area contributed by atoms with Gasteiger partial charge in [-0.3, -0.25) is 4.99 Å². The predicted molar refractivity (Wildman–Crippen MR) is 104 cm³/mol. The first kappa shape index (κ1) is 19.5. The maximum Gasteiger partial charge on any atom is 0.191 e. The third-order valence-electron chi connectivity index (χ3n) is 5.55. The minimum Gasteiger partial charge on any atom is -0.356 e. The van der Waals surface area contributed by atoms with Gasteiger partial charge in [-0.2, -0.15) is 0 Å². The highest BCUT2D eigenvalue weighted by Gasteiger charge is 2.34. The van der Waals surface area contributed by atoms with Gasteiger partial charge in [-0.1, -0.05) is 13.8 Å². The van der Waals surface area contributed by atoms with Gasteiger partial charge in [0.2, 0.25) is 0 Å². The molecule has 1 aliphatic heterocycles. The lowest BCUT2D eigenvalue weighted by molar-refractivity contribution is 0.292. The van der Waals surface area contributed by atoms with Crippen molar-refractivity contribution in [3.63, 3.8) is 0 Å². The Morgan fingerprint density at radius 1 is 1.25 bits per heavy atom. The highest BCUT2D eigenvalue weighted by atomic mass is 15.2. The number of nitrogens with zero attached hydrogens (tertiary/aromatic N) is 3. The summed E-state index contributed by atoms with van der Waals surface area (Å²) in [5, 5.41) is 7.10. The first-order chi connectivity index (χ1) is 11.7. The Balaban J connectivity index is 1.59. The summed E-state index contributed by atoms with van der Waals surface area (Å²) in [5.74, 6) is 1.75. The van der Waals surface area contributed by atoms with Crippen LogP contribution >= 0.6 is 0 Å². The standard InChI is InChI=1S/C19H39N5/c1-5-23(6-2)12-7-8-16(3)22-19(20-4)21-14-17-11-13-24(15-17)18-9-10-18/h16-18H,5-15H2,1-4H3,(H2,20,21,22). The monoisotopic (exact) mass is 337 g/mol. The lowest BCUT2D eigenvalue weighted by Crippen LogP contribution is -2.44. The minimum absolute atomic E-state index is 0.471. The molecule has 2 aliphatic rings. The summed E-state index contributed by atoms with van der Waals surface area (Å²) in [6.45, 7) is 13.9. The molecule has 1 aliphatic carbocycles. The molecule has 0 bridgehead atoms. The molecule has 0 aromatic carbocycles. The molecule has 0 aromatic heterocycles. The lowest BCUT2D eigenvalue weighted by Gasteiger charge is -2.22. The minimum atomic E-state index is 0.471. The zero-order valence-electron chi connectivity index (χ0n) is 16.4. The molecule has 2 unspecified atom stereocenters. The Morgan fingerprint density at radius 2 is 2.00 bits per heavy atom. The summed E-state index contributed by atoms with van der Waals surface area (Å²) in [4.78, 5) is 9.57. The van der Waals surface area contributed by atoms with Gasteiger partial charge in [0.15, 0.2) is 5.96 Å². The molecule has 0 spiro atoms. The van der Waals surface area contributed by atoms with Crippen molar-refractivity contribution in [1.29, 1.82) is 0 Å². The van der Waals surface area contributed by atoms with Crippen LogP contribution in [0.3, 0.4) is 0 Å². The van der Waals surface area contributed by atoms with Crippen LogP contribution in [0.5, 0.6) is 0 Å². The van der Waals surface area contributed by atoms with E-state index in [1.165, 1.54) is 51.7 Å². The van der Waals surface area contributed by atoms with Crippen molar-refractivity contribution in [2.24, 2.45) is 10.9 Å². The predicted octanol–water partition coefficient (Wildman–Crippen LogP) is 2.15. The number of rotatable bonds is 10. The zero-order valence-corrected chi connectivity index (χ0v) is 16.4. The third-order valence-corrected chi connectivity index (χ3v) is 5.55. The van der Waals surface area contributed by atoms with Gasteiger partial charge in [-0.25, -0.2) is 0 Å². The van der Waals surface area contributed by atoms with E-state index in [0.29, 0.717) is 6.04 Å². The molecule has 5 heteroatoms. The topological polar surface area (TPSA) is 42.9 Å². The van der Waals surface area contributed by atoms with Gasteiger partial charge in [0.1, 0.15) is 0 Å². The Labute approximate surface area is 149 Å². The second-order valence-electron chi connectivity index (χ2n) is 7.55. The second kappa shape index (κ2) is 10.2. The van der Waals surface area contributed by atoms with E-state index in [0.717, 1.165) is 37.6 Å². The van der Waals surface area contributed by atoms with Gasteiger partial charge in [-0.15, -0.1) is 0 Å². The molecule has 24 heavy (non-hydrogen) atoms. The fraction of sp³-hybridized carbons (Fsp3) is 0.947. The van der Waals surface area contributed by atoms with Crippen molar-refractivity contribution >= 4 is 5.96 Å². The van der Waals surface area contributed by atoms with Crippen LogP contribution in [0.25, 0.3) is 0 Å². The normalized spacial score (nSPS) is 23.7. The summed E-state index contributed by atoms with van der Waals surface area (Å²) in [7, 11) is 1.88. The van der Waals surface area contributed by atoms with Crippen molar-refractivity contribution in [3.05, 3.63) is 0 Å². The number of nitrogens with one attached hydrogen (secondary N) is 2. The van der Waals surface area contributed by atoms with E-state index in [2.05, 4.69) is 46.2 Å². The molecule has 0 aromatic rings. The highest BCUT2D eigenvalue weighted by molar-refractivity contribution is 5.79. The average Bonchev–Trinajstić information content (AvgIpc) is 3.34. The molecule has 0 radical (unpaired) electrons. The largest absolute Gasteiger partial charge is 0.356 e. The second-order valence-corrected chi connectivity index (χ2v) is 7.55. The van der Waals surface area contributed by atoms with E-state index in [4.69, 9.17) is 0 Å². The molecule has 2 fully saturated rings. The van der Waals surface area contributed by atoms with E-state index in [1.807, 2.05) is 7.05 Å². The van der Waals surface area contributed by atoms with Crippen molar-refractivity contribution in [2.45, 2.75) is 65.0 Å². The summed E-state index contributed by atoms with van der Waals surface area (Å²) in [5.41, 5.74) is 0. The number of aliphatic imine (C=N–C) groups is 1. The summed E-state index contributed by atoms with van der Waals surface area (Å²) >= 11 is 0. The van der Waals surface area contributed by atoms with Gasteiger partial charge < -0.3 is 20.4 Å². The van der Waals surface area contributed by atoms with Crippen LogP contribution in [0.4, 0.5) is 0 Å². The summed E-state index contributed by atoms with van der Waals surface area (Å²) in [6.07, 6.45) is 6.62. The van der Waals surface area contributed by atoms with Crippen LogP contribution in [-0.2, 0) is 0 Å². The number of hydrogen-bond acceptors (Lipinski definition) is 3. The summed E-state index contributed by atoms with van der Waals surface area (Å²) < 4.78 is 0. The van der Waals surface area contributed by atoms with E-state index in [-0.39, 0.29) is 0 Å². The molecule has 1 saturated heterocycles. The lowest BCUT2D eigenvalue weighted by atomic mass is 10.1. The molecule has 2 rings (SSSR count). The molecule has 140 valence electrons. The fourth-order valence-corrected chi connectivity index (χ4v) is 3.70. The van der Waals surface area contributed by atoms with Crippen LogP contribution in [0.2, 0.25) is 0 Å². The van der Waals surface area contributed by atoms with Gasteiger partial charge >= 0.3 is 0 Å². The molecule has 2 atom stereocenters. The SMILES string of the molecule is CCN(CC)CCCC(C)NC(=NC)NCC1CCN(C2CC2)C1. The molecule has 2 N–H and O–H groups in total. The number of hydrogen-bond donors (Lipinski definition) is 2. The maximum atomic E-state index is 4.40. The van der Waals surface area contributed by atoms with Crippen molar-refractivity contribution in [1.82, 2.24) is 20.4 Å². The van der Waals surface area contributed by atoms with E-state index >= 15 is 0 Å². The Morgan fingerprint density at radius 3 is 2.62 bits per heavy atom. The van der Waals surface area contributed by atoms with Crippen molar-refractivity contribution in [2.75, 3.05) is 46.3 Å². The van der Waals surface area contributed by atoms with Crippen LogP contribution in [-0.4, -0.2) is 74.2 Å². The molecule has 0 amide bonds. The fourth-order valence-electron chi connectivity index (χ4n) is 3.70. The highest BCUT2D eigenvalue weighted by Crippen LogP contribution is 2.31. The Kier molecular flexibility index (Phi) is 8.33. The van der Waals surface area contributed by atoms with Crippen LogP contribution in [0.15, 0.2) is 4.99 Å². The van der Waals surface area contributed by atoms with Crippen molar-refractivity contribution < 1.29 is 0 Å². The molecule has 1 heterocycles. The van der Waals surface area contributed by atoms with Gasteiger partial charge in [0.25, 0.3) is 0 Å². The van der Waals surface area contributed by atoms with E-state index in [9.17, 15) is 0 Å². The molecule has 5 nitrogen and oxygen atoms in total. The average molecular weight is 338 g/mol. The Hall–Kier alpha value is -0.810. The zero-order chi connectivity index (χ0) is 17.4. The first-order valence-corrected chi connectivity index (χ1v) is 10.1. The Bertz CT molecular complexity index is 376. The smallest absolute Gasteiger partial charge is 0.191 e. The maximum absolute atomic E-state index is 4.40. The van der Waals surface area contributed by atoms with Gasteiger partial charge in [0.05, 0.1) is 0 Å². The van der Waals surface area contributed by atoms with E-state index in [1.54, 1.807) is 0 Å². The first-order valence-electron chi connectivity index (χ1n) is 10.1.